The quantitative estimate of drug-likeness (QED) is 0.235. The molecule has 4 nitrogen and oxygen atoms in total. The number of rotatable bonds is 7. The lowest BCUT2D eigenvalue weighted by Crippen LogP contribution is -2.31. The minimum atomic E-state index is -0.290. The van der Waals surface area contributed by atoms with Crippen molar-refractivity contribution in [1.29, 1.82) is 0 Å². The van der Waals surface area contributed by atoms with Gasteiger partial charge in [-0.25, -0.2) is 4.39 Å². The highest BCUT2D eigenvalue weighted by Gasteiger charge is 2.22. The third kappa shape index (κ3) is 4.72. The summed E-state index contributed by atoms with van der Waals surface area (Å²) in [4.78, 5) is 0. The molecule has 0 amide bonds. The van der Waals surface area contributed by atoms with Gasteiger partial charge in [0.2, 0.25) is 0 Å². The number of halogens is 1. The van der Waals surface area contributed by atoms with Crippen LogP contribution in [0.4, 0.5) is 10.1 Å². The molecule has 0 saturated heterocycles. The number of hydrogen-bond acceptors (Lipinski definition) is 3. The smallest absolute Gasteiger partial charge is 0.144 e. The van der Waals surface area contributed by atoms with Gasteiger partial charge in [0.25, 0.3) is 0 Å². The van der Waals surface area contributed by atoms with Gasteiger partial charge in [0.05, 0.1) is 0 Å². The van der Waals surface area contributed by atoms with Crippen molar-refractivity contribution >= 4 is 11.5 Å². The van der Waals surface area contributed by atoms with E-state index in [9.17, 15) is 4.39 Å². The van der Waals surface area contributed by atoms with E-state index in [0.717, 1.165) is 31.5 Å². The first-order valence-electron chi connectivity index (χ1n) is 6.85. The number of anilines is 1. The van der Waals surface area contributed by atoms with E-state index in [1.165, 1.54) is 6.07 Å². The maximum absolute atomic E-state index is 13.1. The monoisotopic (exact) mass is 281 g/mol. The van der Waals surface area contributed by atoms with Crippen molar-refractivity contribution in [2.45, 2.75) is 40.0 Å². The zero-order valence-electron chi connectivity index (χ0n) is 12.4. The molecule has 0 aliphatic heterocycles. The summed E-state index contributed by atoms with van der Waals surface area (Å²) in [5.74, 6) is 0.0793. The number of oxime groups is 1. The summed E-state index contributed by atoms with van der Waals surface area (Å²) in [5.41, 5.74) is 6.92. The Kier molecular flexibility index (Phi) is 5.80. The molecule has 0 atom stereocenters. The van der Waals surface area contributed by atoms with Crippen LogP contribution in [0.3, 0.4) is 0 Å². The third-order valence-electron chi connectivity index (χ3n) is 3.52. The number of benzene rings is 1. The Morgan fingerprint density at radius 1 is 1.40 bits per heavy atom. The van der Waals surface area contributed by atoms with Gasteiger partial charge in [-0.1, -0.05) is 25.4 Å². The van der Waals surface area contributed by atoms with Gasteiger partial charge in [0, 0.05) is 17.6 Å². The maximum Gasteiger partial charge on any atom is 0.144 e. The van der Waals surface area contributed by atoms with Crippen LogP contribution in [0.1, 0.15) is 38.7 Å². The molecule has 0 radical (unpaired) electrons. The second-order valence-electron chi connectivity index (χ2n) is 5.72. The Morgan fingerprint density at radius 2 is 2.10 bits per heavy atom. The van der Waals surface area contributed by atoms with E-state index in [4.69, 9.17) is 10.9 Å². The summed E-state index contributed by atoms with van der Waals surface area (Å²) in [6, 6.07) is 5.01. The van der Waals surface area contributed by atoms with E-state index in [-0.39, 0.29) is 17.1 Å². The molecule has 112 valence electrons. The van der Waals surface area contributed by atoms with Crippen molar-refractivity contribution in [3.05, 3.63) is 29.6 Å². The Morgan fingerprint density at radius 3 is 2.70 bits per heavy atom. The summed E-state index contributed by atoms with van der Waals surface area (Å²) in [6.07, 6.45) is 2.79. The minimum absolute atomic E-state index is 0.184. The van der Waals surface area contributed by atoms with Crippen LogP contribution in [-0.4, -0.2) is 17.6 Å². The van der Waals surface area contributed by atoms with Gasteiger partial charge in [-0.05, 0) is 43.5 Å². The summed E-state index contributed by atoms with van der Waals surface area (Å²) < 4.78 is 13.1. The summed E-state index contributed by atoms with van der Waals surface area (Å²) in [7, 11) is 0. The van der Waals surface area contributed by atoms with E-state index < -0.39 is 0 Å². The Bertz CT molecular complexity index is 472. The van der Waals surface area contributed by atoms with Gasteiger partial charge in [0.15, 0.2) is 0 Å². The lowest BCUT2D eigenvalue weighted by atomic mass is 9.86. The maximum atomic E-state index is 13.1. The van der Waals surface area contributed by atoms with Gasteiger partial charge in [-0.15, -0.1) is 0 Å². The summed E-state index contributed by atoms with van der Waals surface area (Å²) in [5, 5.41) is 15.0. The predicted octanol–water partition coefficient (Wildman–Crippen LogP) is 3.49. The average molecular weight is 281 g/mol. The zero-order chi connectivity index (χ0) is 15.2. The van der Waals surface area contributed by atoms with E-state index >= 15 is 0 Å². The van der Waals surface area contributed by atoms with Crippen LogP contribution in [0.2, 0.25) is 0 Å². The molecular formula is C15H24FN3O. The van der Waals surface area contributed by atoms with Crippen molar-refractivity contribution in [2.75, 3.05) is 11.9 Å². The first-order valence-corrected chi connectivity index (χ1v) is 6.85. The Hall–Kier alpha value is -1.78. The molecule has 4 N–H and O–H groups in total. The lowest BCUT2D eigenvalue weighted by Gasteiger charge is -2.22. The summed E-state index contributed by atoms with van der Waals surface area (Å²) in [6.45, 7) is 6.48. The van der Waals surface area contributed by atoms with Gasteiger partial charge in [-0.3, -0.25) is 0 Å². The average Bonchev–Trinajstić information content (AvgIpc) is 2.41. The number of nitrogens with two attached hydrogens (primary N) is 1. The highest BCUT2D eigenvalue weighted by Crippen LogP contribution is 2.23. The van der Waals surface area contributed by atoms with Gasteiger partial charge >= 0.3 is 0 Å². The molecule has 0 heterocycles. The van der Waals surface area contributed by atoms with Crippen molar-refractivity contribution in [2.24, 2.45) is 16.3 Å². The molecule has 0 fully saturated rings. The molecule has 0 spiro atoms. The molecule has 0 bridgehead atoms. The SMILES string of the molecule is Cc1cc(NCCCCC(C)(C)/C(N)=N/O)ccc1F. The van der Waals surface area contributed by atoms with E-state index in [0.29, 0.717) is 5.56 Å². The molecule has 20 heavy (non-hydrogen) atoms. The Balaban J connectivity index is 2.30. The summed E-state index contributed by atoms with van der Waals surface area (Å²) >= 11 is 0. The number of unbranched alkanes of at least 4 members (excludes halogenated alkanes) is 1. The molecular weight excluding hydrogens is 257 g/mol. The second kappa shape index (κ2) is 7.12. The lowest BCUT2D eigenvalue weighted by molar-refractivity contribution is 0.304. The third-order valence-corrected chi connectivity index (χ3v) is 3.52. The van der Waals surface area contributed by atoms with Crippen LogP contribution in [0, 0.1) is 18.2 Å². The van der Waals surface area contributed by atoms with Gasteiger partial charge in [0.1, 0.15) is 11.7 Å². The molecule has 0 aliphatic carbocycles. The molecule has 0 aromatic heterocycles. The van der Waals surface area contributed by atoms with Crippen LogP contribution < -0.4 is 11.1 Å². The number of hydrogen-bond donors (Lipinski definition) is 3. The highest BCUT2D eigenvalue weighted by molar-refractivity contribution is 5.85. The number of nitrogens with one attached hydrogen (secondary N) is 1. The number of nitrogens with zero attached hydrogens (tertiary/aromatic N) is 1. The molecule has 1 aromatic rings. The topological polar surface area (TPSA) is 70.6 Å². The first-order chi connectivity index (χ1) is 9.36. The fourth-order valence-electron chi connectivity index (χ4n) is 1.94. The molecule has 5 heteroatoms. The first kappa shape index (κ1) is 16.3. The van der Waals surface area contributed by atoms with Crippen molar-refractivity contribution in [3.63, 3.8) is 0 Å². The molecule has 1 rings (SSSR count). The largest absolute Gasteiger partial charge is 0.409 e. The molecule has 1 aromatic carbocycles. The van der Waals surface area contributed by atoms with Crippen molar-refractivity contribution < 1.29 is 9.60 Å². The van der Waals surface area contributed by atoms with Crippen LogP contribution in [0.15, 0.2) is 23.4 Å². The van der Waals surface area contributed by atoms with Crippen LogP contribution in [0.25, 0.3) is 0 Å². The van der Waals surface area contributed by atoms with E-state index in [1.807, 2.05) is 13.8 Å². The zero-order valence-corrected chi connectivity index (χ0v) is 12.4. The standard InChI is InChI=1S/C15H24FN3O/c1-11-10-12(6-7-13(11)16)18-9-5-4-8-15(2,3)14(17)19-20/h6-7,10,18,20H,4-5,8-9H2,1-3H3,(H2,17,19). The molecule has 0 unspecified atom stereocenters. The molecule has 0 saturated carbocycles. The van der Waals surface area contributed by atoms with Crippen molar-refractivity contribution in [1.82, 2.24) is 0 Å². The van der Waals surface area contributed by atoms with Crippen LogP contribution >= 0.6 is 0 Å². The van der Waals surface area contributed by atoms with Crippen molar-refractivity contribution in [3.8, 4) is 0 Å². The second-order valence-corrected chi connectivity index (χ2v) is 5.72. The van der Waals surface area contributed by atoms with Gasteiger partial charge < -0.3 is 16.3 Å². The Labute approximate surface area is 119 Å². The van der Waals surface area contributed by atoms with E-state index in [1.54, 1.807) is 19.1 Å². The minimum Gasteiger partial charge on any atom is -0.409 e. The highest BCUT2D eigenvalue weighted by atomic mass is 19.1. The van der Waals surface area contributed by atoms with Crippen LogP contribution in [-0.2, 0) is 0 Å². The van der Waals surface area contributed by atoms with Crippen LogP contribution in [0.5, 0.6) is 0 Å². The molecule has 0 aliphatic rings. The fourth-order valence-corrected chi connectivity index (χ4v) is 1.94. The number of amidine groups is 1. The normalized spacial score (nSPS) is 12.5. The number of aryl methyl sites for hydroxylation is 1. The predicted molar refractivity (Wildman–Crippen MR) is 80.7 cm³/mol. The van der Waals surface area contributed by atoms with E-state index in [2.05, 4.69) is 10.5 Å². The fraction of sp³-hybridized carbons (Fsp3) is 0.533. The van der Waals surface area contributed by atoms with Gasteiger partial charge in [-0.2, -0.15) is 0 Å².